The molecule has 0 atom stereocenters. The van der Waals surface area contributed by atoms with Crippen LogP contribution in [0.3, 0.4) is 0 Å². The van der Waals surface area contributed by atoms with Gasteiger partial charge in [0.15, 0.2) is 0 Å². The van der Waals surface area contributed by atoms with Crippen LogP contribution in [0, 0.1) is 0 Å². The summed E-state index contributed by atoms with van der Waals surface area (Å²) in [4.78, 5) is 4.56. The van der Waals surface area contributed by atoms with E-state index >= 15 is 0 Å². The molecule has 0 N–H and O–H groups in total. The minimum Gasteiger partial charge on any atom is -0.309 e. The van der Waals surface area contributed by atoms with E-state index in [1.54, 1.807) is 18.3 Å². The zero-order valence-electron chi connectivity index (χ0n) is 17.6. The van der Waals surface area contributed by atoms with E-state index in [1.165, 1.54) is 0 Å². The SMILES string of the molecule is C=C/C=C\C(=C(/C=C)n1c(C=C)c(/C=C\C=C)c(C=C)c1/C=C\C)c1ccccn1. The molecule has 0 bridgehead atoms. The van der Waals surface area contributed by atoms with Gasteiger partial charge in [-0.2, -0.15) is 0 Å². The zero-order valence-corrected chi connectivity index (χ0v) is 17.6. The third-order valence-electron chi connectivity index (χ3n) is 4.49. The van der Waals surface area contributed by atoms with Gasteiger partial charge in [-0.3, -0.25) is 4.98 Å². The van der Waals surface area contributed by atoms with Crippen LogP contribution in [0.15, 0.2) is 99.8 Å². The molecular formula is C28H28N2. The molecule has 0 aromatic carbocycles. The quantitative estimate of drug-likeness (QED) is 0.379. The summed E-state index contributed by atoms with van der Waals surface area (Å²) in [7, 11) is 0. The van der Waals surface area contributed by atoms with E-state index in [0.717, 1.165) is 39.5 Å². The predicted octanol–water partition coefficient (Wildman–Crippen LogP) is 7.70. The molecule has 2 aromatic rings. The van der Waals surface area contributed by atoms with Crippen molar-refractivity contribution in [2.75, 3.05) is 0 Å². The van der Waals surface area contributed by atoms with Gasteiger partial charge in [-0.05, 0) is 37.3 Å². The Morgan fingerprint density at radius 3 is 2.20 bits per heavy atom. The lowest BCUT2D eigenvalue weighted by Crippen LogP contribution is -2.04. The van der Waals surface area contributed by atoms with E-state index in [1.807, 2.05) is 73.7 Å². The summed E-state index contributed by atoms with van der Waals surface area (Å²) in [5, 5.41) is 0. The Bertz CT molecular complexity index is 1070. The lowest BCUT2D eigenvalue weighted by Gasteiger charge is -2.16. The molecule has 2 nitrogen and oxygen atoms in total. The largest absolute Gasteiger partial charge is 0.309 e. The van der Waals surface area contributed by atoms with Gasteiger partial charge in [0.1, 0.15) is 0 Å². The van der Waals surface area contributed by atoms with Gasteiger partial charge in [0.2, 0.25) is 0 Å². The zero-order chi connectivity index (χ0) is 21.9. The first kappa shape index (κ1) is 22.4. The van der Waals surface area contributed by atoms with Crippen LogP contribution in [0.2, 0.25) is 0 Å². The maximum absolute atomic E-state index is 4.56. The van der Waals surface area contributed by atoms with Crippen LogP contribution in [0.25, 0.3) is 35.6 Å². The van der Waals surface area contributed by atoms with E-state index in [-0.39, 0.29) is 0 Å². The molecular weight excluding hydrogens is 364 g/mol. The van der Waals surface area contributed by atoms with Gasteiger partial charge in [-0.1, -0.05) is 87.6 Å². The summed E-state index contributed by atoms with van der Waals surface area (Å²) in [6, 6.07) is 5.84. The first-order valence-electron chi connectivity index (χ1n) is 9.71. The summed E-state index contributed by atoms with van der Waals surface area (Å²) >= 11 is 0. The second kappa shape index (κ2) is 11.2. The Balaban J connectivity index is 3.07. The van der Waals surface area contributed by atoms with Crippen LogP contribution >= 0.6 is 0 Å². The summed E-state index contributed by atoms with van der Waals surface area (Å²) in [6.07, 6.45) is 22.7. The first-order valence-corrected chi connectivity index (χ1v) is 9.71. The number of allylic oxidation sites excluding steroid dienone is 9. The van der Waals surface area contributed by atoms with Crippen LogP contribution in [0.5, 0.6) is 0 Å². The van der Waals surface area contributed by atoms with Crippen molar-refractivity contribution in [2.24, 2.45) is 0 Å². The minimum atomic E-state index is 0.837. The Morgan fingerprint density at radius 1 is 0.900 bits per heavy atom. The molecule has 0 saturated heterocycles. The van der Waals surface area contributed by atoms with Gasteiger partial charge in [0.25, 0.3) is 0 Å². The van der Waals surface area contributed by atoms with Gasteiger partial charge in [0.05, 0.1) is 22.8 Å². The van der Waals surface area contributed by atoms with Gasteiger partial charge < -0.3 is 4.57 Å². The fourth-order valence-corrected chi connectivity index (χ4v) is 3.29. The molecule has 2 heteroatoms. The molecule has 2 heterocycles. The van der Waals surface area contributed by atoms with E-state index in [2.05, 4.69) is 48.5 Å². The summed E-state index contributed by atoms with van der Waals surface area (Å²) in [6.45, 7) is 21.8. The van der Waals surface area contributed by atoms with Crippen molar-refractivity contribution >= 4 is 35.6 Å². The number of hydrogen-bond acceptors (Lipinski definition) is 1. The average Bonchev–Trinajstić information content (AvgIpc) is 3.07. The smallest absolute Gasteiger partial charge is 0.0723 e. The van der Waals surface area contributed by atoms with E-state index in [0.29, 0.717) is 0 Å². The van der Waals surface area contributed by atoms with Crippen LogP contribution in [-0.4, -0.2) is 9.55 Å². The molecule has 0 unspecified atom stereocenters. The Hall–Kier alpha value is -3.91. The van der Waals surface area contributed by atoms with Crippen LogP contribution in [0.1, 0.15) is 35.1 Å². The van der Waals surface area contributed by atoms with Crippen molar-refractivity contribution in [1.29, 1.82) is 0 Å². The molecule has 0 aliphatic rings. The number of hydrogen-bond donors (Lipinski definition) is 0. The van der Waals surface area contributed by atoms with Crippen LogP contribution in [-0.2, 0) is 0 Å². The molecule has 0 saturated carbocycles. The van der Waals surface area contributed by atoms with Crippen molar-refractivity contribution in [3.05, 3.63) is 128 Å². The fraction of sp³-hybridized carbons (Fsp3) is 0.0357. The van der Waals surface area contributed by atoms with E-state index in [4.69, 9.17) is 0 Å². The topological polar surface area (TPSA) is 17.8 Å². The molecule has 30 heavy (non-hydrogen) atoms. The highest BCUT2D eigenvalue weighted by atomic mass is 15.0. The number of aromatic nitrogens is 2. The summed E-state index contributed by atoms with van der Waals surface area (Å²) in [5.41, 5.74) is 6.59. The van der Waals surface area contributed by atoms with Crippen molar-refractivity contribution < 1.29 is 0 Å². The summed E-state index contributed by atoms with van der Waals surface area (Å²) in [5.74, 6) is 0. The summed E-state index contributed by atoms with van der Waals surface area (Å²) < 4.78 is 2.14. The molecule has 2 aromatic heterocycles. The van der Waals surface area contributed by atoms with Gasteiger partial charge in [-0.25, -0.2) is 0 Å². The lowest BCUT2D eigenvalue weighted by atomic mass is 10.1. The third-order valence-corrected chi connectivity index (χ3v) is 4.49. The molecule has 0 aliphatic carbocycles. The van der Waals surface area contributed by atoms with Crippen molar-refractivity contribution in [3.8, 4) is 0 Å². The average molecular weight is 393 g/mol. The highest BCUT2D eigenvalue weighted by Crippen LogP contribution is 2.34. The number of nitrogens with zero attached hydrogens (tertiary/aromatic N) is 2. The second-order valence-corrected chi connectivity index (χ2v) is 6.25. The highest BCUT2D eigenvalue weighted by molar-refractivity contribution is 5.95. The third kappa shape index (κ3) is 4.56. The standard InChI is InChI=1S/C28H28N2/c1-7-13-18-23-22(10-4)28(17-9-3)30(26(23)11-5)27(12-6)24(19-14-8-2)25-20-15-16-21-29-25/h7-21H,1-2,4-6H2,3H3/b17-9-,18-13-,19-14-,27-24-. The van der Waals surface area contributed by atoms with Crippen molar-refractivity contribution in [2.45, 2.75) is 6.92 Å². The van der Waals surface area contributed by atoms with Gasteiger partial charge >= 0.3 is 0 Å². The first-order chi connectivity index (χ1) is 14.7. The molecule has 0 spiro atoms. The molecule has 150 valence electrons. The molecule has 0 fully saturated rings. The number of pyridine rings is 1. The Morgan fingerprint density at radius 2 is 1.67 bits per heavy atom. The molecule has 0 aliphatic heterocycles. The van der Waals surface area contributed by atoms with Crippen molar-refractivity contribution in [1.82, 2.24) is 9.55 Å². The molecule has 2 rings (SSSR count). The maximum Gasteiger partial charge on any atom is 0.0723 e. The van der Waals surface area contributed by atoms with E-state index < -0.39 is 0 Å². The van der Waals surface area contributed by atoms with Crippen molar-refractivity contribution in [3.63, 3.8) is 0 Å². The highest BCUT2D eigenvalue weighted by Gasteiger charge is 2.20. The Kier molecular flexibility index (Phi) is 8.34. The fourth-order valence-electron chi connectivity index (χ4n) is 3.29. The maximum atomic E-state index is 4.56. The minimum absolute atomic E-state index is 0.837. The monoisotopic (exact) mass is 392 g/mol. The van der Waals surface area contributed by atoms with Gasteiger partial charge in [-0.15, -0.1) is 0 Å². The van der Waals surface area contributed by atoms with E-state index in [9.17, 15) is 0 Å². The molecule has 0 amide bonds. The lowest BCUT2D eigenvalue weighted by molar-refractivity contribution is 1.09. The second-order valence-electron chi connectivity index (χ2n) is 6.25. The van der Waals surface area contributed by atoms with Crippen LogP contribution < -0.4 is 0 Å². The predicted molar refractivity (Wildman–Crippen MR) is 135 cm³/mol. The Labute approximate surface area is 180 Å². The number of rotatable bonds is 10. The van der Waals surface area contributed by atoms with Gasteiger partial charge in [0, 0.05) is 22.9 Å². The van der Waals surface area contributed by atoms with Crippen LogP contribution in [0.4, 0.5) is 0 Å². The molecule has 0 radical (unpaired) electrons. The normalized spacial score (nSPS) is 12.3.